The van der Waals surface area contributed by atoms with Crippen molar-refractivity contribution in [3.05, 3.63) is 59.7 Å². The largest absolute Gasteiger partial charge is 0.508 e. The molecule has 0 atom stereocenters. The SMILES string of the molecule is CCOC(=O)OCC1(CSC(=O)OCC)c2ccccc2-c2ccccc21. The first-order valence-corrected chi connectivity index (χ1v) is 9.89. The van der Waals surface area contributed by atoms with Crippen molar-refractivity contribution in [2.45, 2.75) is 19.3 Å². The molecule has 3 rings (SSSR count). The molecule has 142 valence electrons. The summed E-state index contributed by atoms with van der Waals surface area (Å²) in [5.41, 5.74) is 3.60. The Morgan fingerprint density at radius 1 is 0.852 bits per heavy atom. The Labute approximate surface area is 163 Å². The van der Waals surface area contributed by atoms with Crippen LogP contribution in [0.3, 0.4) is 0 Å². The molecule has 0 heterocycles. The summed E-state index contributed by atoms with van der Waals surface area (Å²) >= 11 is 1.10. The lowest BCUT2D eigenvalue weighted by molar-refractivity contribution is 0.0492. The number of rotatable bonds is 6. The van der Waals surface area contributed by atoms with Crippen LogP contribution in [-0.2, 0) is 19.6 Å². The molecule has 0 radical (unpaired) electrons. The van der Waals surface area contributed by atoms with Gasteiger partial charge in [-0.15, -0.1) is 0 Å². The van der Waals surface area contributed by atoms with Gasteiger partial charge in [0.05, 0.1) is 18.6 Å². The average Bonchev–Trinajstić information content (AvgIpc) is 2.96. The zero-order valence-electron chi connectivity index (χ0n) is 15.4. The van der Waals surface area contributed by atoms with Gasteiger partial charge < -0.3 is 14.2 Å². The molecule has 0 aromatic heterocycles. The van der Waals surface area contributed by atoms with E-state index in [9.17, 15) is 9.59 Å². The van der Waals surface area contributed by atoms with E-state index in [4.69, 9.17) is 14.2 Å². The second-order valence-electron chi connectivity index (χ2n) is 6.12. The smallest absolute Gasteiger partial charge is 0.458 e. The number of thioether (sulfide) groups is 1. The lowest BCUT2D eigenvalue weighted by Crippen LogP contribution is -2.36. The fourth-order valence-electron chi connectivity index (χ4n) is 3.45. The van der Waals surface area contributed by atoms with Crippen molar-refractivity contribution in [3.8, 4) is 11.1 Å². The summed E-state index contributed by atoms with van der Waals surface area (Å²) in [7, 11) is 0. The highest BCUT2D eigenvalue weighted by atomic mass is 32.2. The van der Waals surface area contributed by atoms with Gasteiger partial charge in [-0.25, -0.2) is 9.59 Å². The average molecular weight is 386 g/mol. The molecule has 0 amide bonds. The summed E-state index contributed by atoms with van der Waals surface area (Å²) in [6, 6.07) is 16.0. The summed E-state index contributed by atoms with van der Waals surface area (Å²) in [5.74, 6) is 0.402. The van der Waals surface area contributed by atoms with Crippen LogP contribution in [0, 0.1) is 0 Å². The summed E-state index contributed by atoms with van der Waals surface area (Å²) in [6.45, 7) is 4.17. The van der Waals surface area contributed by atoms with Crippen molar-refractivity contribution >= 4 is 23.2 Å². The maximum atomic E-state index is 12.0. The Morgan fingerprint density at radius 2 is 1.41 bits per heavy atom. The molecule has 0 aliphatic heterocycles. The fraction of sp³-hybridized carbons (Fsp3) is 0.333. The van der Waals surface area contributed by atoms with Crippen molar-refractivity contribution in [1.29, 1.82) is 0 Å². The van der Waals surface area contributed by atoms with Crippen LogP contribution < -0.4 is 0 Å². The van der Waals surface area contributed by atoms with Crippen LogP contribution in [0.1, 0.15) is 25.0 Å². The molecule has 0 spiro atoms. The first-order valence-electron chi connectivity index (χ1n) is 8.91. The maximum Gasteiger partial charge on any atom is 0.508 e. The minimum Gasteiger partial charge on any atom is -0.458 e. The zero-order valence-corrected chi connectivity index (χ0v) is 16.2. The van der Waals surface area contributed by atoms with Crippen LogP contribution in [0.15, 0.2) is 48.5 Å². The Hall–Kier alpha value is -2.47. The van der Waals surface area contributed by atoms with Gasteiger partial charge in [0.15, 0.2) is 0 Å². The topological polar surface area (TPSA) is 61.8 Å². The first-order chi connectivity index (χ1) is 13.1. The van der Waals surface area contributed by atoms with Crippen molar-refractivity contribution in [1.82, 2.24) is 0 Å². The number of hydrogen-bond donors (Lipinski definition) is 0. The number of hydrogen-bond acceptors (Lipinski definition) is 6. The van der Waals surface area contributed by atoms with Gasteiger partial charge in [0.2, 0.25) is 0 Å². The Kier molecular flexibility index (Phi) is 6.06. The van der Waals surface area contributed by atoms with E-state index in [1.54, 1.807) is 13.8 Å². The highest BCUT2D eigenvalue weighted by Crippen LogP contribution is 2.50. The lowest BCUT2D eigenvalue weighted by atomic mass is 9.81. The molecular weight excluding hydrogens is 364 g/mol. The minimum absolute atomic E-state index is 0.0895. The third-order valence-corrected chi connectivity index (χ3v) is 5.56. The van der Waals surface area contributed by atoms with Crippen molar-refractivity contribution in [2.24, 2.45) is 0 Å². The molecule has 6 heteroatoms. The van der Waals surface area contributed by atoms with Gasteiger partial charge in [-0.1, -0.05) is 48.5 Å². The highest BCUT2D eigenvalue weighted by molar-refractivity contribution is 8.13. The summed E-state index contributed by atoms with van der Waals surface area (Å²) in [5, 5.41) is -0.338. The van der Waals surface area contributed by atoms with E-state index in [0.29, 0.717) is 12.4 Å². The summed E-state index contributed by atoms with van der Waals surface area (Å²) < 4.78 is 15.5. The standard InChI is InChI=1S/C21H22O5S/c1-3-24-19(22)26-13-21(14-27-20(23)25-4-2)17-11-7-5-9-15(17)16-10-6-8-12-18(16)21/h5-12H,3-4,13-14H2,1-2H3. The molecule has 1 aliphatic rings. The van der Waals surface area contributed by atoms with Gasteiger partial charge in [0, 0.05) is 5.75 Å². The van der Waals surface area contributed by atoms with E-state index in [1.807, 2.05) is 36.4 Å². The zero-order chi connectivity index (χ0) is 19.3. The summed E-state index contributed by atoms with van der Waals surface area (Å²) in [6.07, 6.45) is -0.708. The minimum atomic E-state index is -0.708. The first kappa shape index (κ1) is 19.3. The molecule has 1 aliphatic carbocycles. The molecule has 0 saturated heterocycles. The maximum absolute atomic E-state index is 12.0. The summed E-state index contributed by atoms with van der Waals surface area (Å²) in [4.78, 5) is 23.9. The van der Waals surface area contributed by atoms with Gasteiger partial charge in [-0.3, -0.25) is 0 Å². The van der Waals surface area contributed by atoms with Crippen LogP contribution in [0.25, 0.3) is 11.1 Å². The molecule has 0 fully saturated rings. The van der Waals surface area contributed by atoms with E-state index in [1.165, 1.54) is 0 Å². The van der Waals surface area contributed by atoms with Crippen molar-refractivity contribution in [3.63, 3.8) is 0 Å². The van der Waals surface area contributed by atoms with Gasteiger partial charge in [-0.2, -0.15) is 0 Å². The van der Waals surface area contributed by atoms with Crippen LogP contribution in [-0.4, -0.2) is 37.0 Å². The second kappa shape index (κ2) is 8.48. The van der Waals surface area contributed by atoms with Crippen molar-refractivity contribution < 1.29 is 23.8 Å². The predicted molar refractivity (Wildman–Crippen MR) is 105 cm³/mol. The number of ether oxygens (including phenoxy) is 3. The molecular formula is C21H22O5S. The Balaban J connectivity index is 2.00. The number of fused-ring (bicyclic) bond motifs is 3. The quantitative estimate of drug-likeness (QED) is 0.650. The van der Waals surface area contributed by atoms with Crippen molar-refractivity contribution in [2.75, 3.05) is 25.6 Å². The number of carbonyl (C=O) groups excluding carboxylic acids is 2. The van der Waals surface area contributed by atoms with Gasteiger partial charge in [-0.05, 0) is 47.9 Å². The third kappa shape index (κ3) is 3.81. The molecule has 27 heavy (non-hydrogen) atoms. The normalized spacial score (nSPS) is 13.4. The number of carbonyl (C=O) groups is 2. The van der Waals surface area contributed by atoms with E-state index in [2.05, 4.69) is 12.1 Å². The van der Waals surface area contributed by atoms with Crippen LogP contribution in [0.2, 0.25) is 0 Å². The highest BCUT2D eigenvalue weighted by Gasteiger charge is 2.45. The van der Waals surface area contributed by atoms with Gasteiger partial charge in [0.25, 0.3) is 0 Å². The third-order valence-electron chi connectivity index (χ3n) is 4.57. The molecule has 5 nitrogen and oxygen atoms in total. The van der Waals surface area contributed by atoms with Crippen LogP contribution >= 0.6 is 11.8 Å². The fourth-order valence-corrected chi connectivity index (χ4v) is 4.41. The molecule has 0 N–H and O–H groups in total. The lowest BCUT2D eigenvalue weighted by Gasteiger charge is -2.30. The van der Waals surface area contributed by atoms with Gasteiger partial charge >= 0.3 is 11.5 Å². The van der Waals surface area contributed by atoms with Crippen LogP contribution in [0.4, 0.5) is 9.59 Å². The van der Waals surface area contributed by atoms with E-state index in [-0.39, 0.29) is 18.5 Å². The molecule has 0 saturated carbocycles. The molecule has 2 aromatic rings. The predicted octanol–water partition coefficient (Wildman–Crippen LogP) is 5.02. The monoisotopic (exact) mass is 386 g/mol. The van der Waals surface area contributed by atoms with E-state index < -0.39 is 11.6 Å². The van der Waals surface area contributed by atoms with Gasteiger partial charge in [0.1, 0.15) is 6.61 Å². The molecule has 2 aromatic carbocycles. The van der Waals surface area contributed by atoms with E-state index in [0.717, 1.165) is 34.0 Å². The molecule has 0 unspecified atom stereocenters. The molecule has 0 bridgehead atoms. The Morgan fingerprint density at radius 3 is 1.96 bits per heavy atom. The number of benzene rings is 2. The van der Waals surface area contributed by atoms with E-state index >= 15 is 0 Å². The second-order valence-corrected chi connectivity index (χ2v) is 7.03. The Bertz CT molecular complexity index is 763. The van der Waals surface area contributed by atoms with Crippen LogP contribution in [0.5, 0.6) is 0 Å².